The fraction of sp³-hybridized carbons (Fsp3) is 0.222. The number of nitrogens with one attached hydrogen (secondary N) is 2. The zero-order valence-corrected chi connectivity index (χ0v) is 12.1. The number of hydrogen-bond acceptors (Lipinski definition) is 1. The molecule has 21 heavy (non-hydrogen) atoms. The summed E-state index contributed by atoms with van der Waals surface area (Å²) in [5, 5.41) is 4.73. The first-order valence-electron chi connectivity index (χ1n) is 7.25. The van der Waals surface area contributed by atoms with Crippen molar-refractivity contribution >= 4 is 10.9 Å². The lowest BCUT2D eigenvalue weighted by atomic mass is 10.1. The molecule has 0 spiro atoms. The van der Waals surface area contributed by atoms with E-state index < -0.39 is 0 Å². The third-order valence-electron chi connectivity index (χ3n) is 3.88. The van der Waals surface area contributed by atoms with Crippen LogP contribution >= 0.6 is 0 Å². The van der Waals surface area contributed by atoms with Crippen LogP contribution in [0.1, 0.15) is 16.7 Å². The van der Waals surface area contributed by atoms with Gasteiger partial charge in [-0.15, -0.1) is 0 Å². The van der Waals surface area contributed by atoms with Crippen molar-refractivity contribution in [2.45, 2.75) is 19.9 Å². The van der Waals surface area contributed by atoms with Crippen LogP contribution in [0.25, 0.3) is 10.9 Å². The van der Waals surface area contributed by atoms with Crippen molar-refractivity contribution in [2.75, 3.05) is 6.54 Å². The number of aromatic amines is 1. The molecule has 2 nitrogen and oxygen atoms in total. The monoisotopic (exact) mass is 282 g/mol. The summed E-state index contributed by atoms with van der Waals surface area (Å²) in [6.07, 6.45) is 2.88. The van der Waals surface area contributed by atoms with E-state index in [2.05, 4.69) is 34.6 Å². The van der Waals surface area contributed by atoms with E-state index in [0.717, 1.165) is 25.1 Å². The minimum Gasteiger partial charge on any atom is -0.361 e. The van der Waals surface area contributed by atoms with Crippen LogP contribution in [0.4, 0.5) is 4.39 Å². The molecule has 0 saturated carbocycles. The highest BCUT2D eigenvalue weighted by Gasteiger charge is 2.02. The lowest BCUT2D eigenvalue weighted by Crippen LogP contribution is -2.17. The molecular formula is C18H19FN2. The molecule has 3 heteroatoms. The highest BCUT2D eigenvalue weighted by molar-refractivity contribution is 5.82. The molecular weight excluding hydrogens is 263 g/mol. The fourth-order valence-electron chi connectivity index (χ4n) is 2.69. The van der Waals surface area contributed by atoms with E-state index in [1.807, 2.05) is 19.2 Å². The molecule has 1 aromatic heterocycles. The van der Waals surface area contributed by atoms with E-state index in [9.17, 15) is 4.39 Å². The topological polar surface area (TPSA) is 27.8 Å². The van der Waals surface area contributed by atoms with Gasteiger partial charge in [0.1, 0.15) is 5.82 Å². The first-order chi connectivity index (χ1) is 10.2. The Morgan fingerprint density at radius 1 is 1.10 bits per heavy atom. The normalized spacial score (nSPS) is 11.1. The predicted octanol–water partition coefficient (Wildman–Crippen LogP) is 3.95. The molecule has 0 bridgehead atoms. The Morgan fingerprint density at radius 2 is 2.00 bits per heavy atom. The van der Waals surface area contributed by atoms with Gasteiger partial charge in [-0.05, 0) is 60.8 Å². The summed E-state index contributed by atoms with van der Waals surface area (Å²) in [6.45, 7) is 3.68. The molecule has 0 aliphatic rings. The maximum Gasteiger partial charge on any atom is 0.123 e. The van der Waals surface area contributed by atoms with Crippen molar-refractivity contribution in [1.82, 2.24) is 10.3 Å². The number of halogens is 1. The lowest BCUT2D eigenvalue weighted by Gasteiger charge is -2.08. The molecule has 2 aromatic carbocycles. The second-order valence-corrected chi connectivity index (χ2v) is 5.35. The predicted molar refractivity (Wildman–Crippen MR) is 84.8 cm³/mol. The summed E-state index contributed by atoms with van der Waals surface area (Å²) in [4.78, 5) is 3.23. The summed E-state index contributed by atoms with van der Waals surface area (Å²) < 4.78 is 13.1. The van der Waals surface area contributed by atoms with Crippen molar-refractivity contribution in [3.8, 4) is 0 Å². The molecule has 3 aromatic rings. The van der Waals surface area contributed by atoms with Crippen LogP contribution in [0.3, 0.4) is 0 Å². The van der Waals surface area contributed by atoms with Crippen LogP contribution in [-0.2, 0) is 13.0 Å². The number of hydrogen-bond donors (Lipinski definition) is 2. The van der Waals surface area contributed by atoms with Gasteiger partial charge in [-0.1, -0.05) is 18.2 Å². The van der Waals surface area contributed by atoms with E-state index >= 15 is 0 Å². The molecule has 0 atom stereocenters. The van der Waals surface area contributed by atoms with Gasteiger partial charge in [0, 0.05) is 23.6 Å². The van der Waals surface area contributed by atoms with E-state index in [0.29, 0.717) is 0 Å². The smallest absolute Gasteiger partial charge is 0.123 e. The van der Waals surface area contributed by atoms with Gasteiger partial charge < -0.3 is 10.3 Å². The van der Waals surface area contributed by atoms with Crippen LogP contribution in [0.5, 0.6) is 0 Å². The van der Waals surface area contributed by atoms with Gasteiger partial charge >= 0.3 is 0 Å². The minimum atomic E-state index is -0.164. The van der Waals surface area contributed by atoms with E-state index in [-0.39, 0.29) is 5.82 Å². The standard InChI is InChI=1S/C18H19FN2/c1-13-11-16(19)6-5-14(13)7-9-20-12-15-3-2-4-18-17(15)8-10-21-18/h2-6,8,10-11,20-21H,7,9,12H2,1H3. The van der Waals surface area contributed by atoms with Gasteiger partial charge in [0.15, 0.2) is 0 Å². The maximum atomic E-state index is 13.1. The Balaban J connectivity index is 1.58. The highest BCUT2D eigenvalue weighted by Crippen LogP contribution is 2.17. The highest BCUT2D eigenvalue weighted by atomic mass is 19.1. The largest absolute Gasteiger partial charge is 0.361 e. The van der Waals surface area contributed by atoms with Gasteiger partial charge in [0.2, 0.25) is 0 Å². The zero-order chi connectivity index (χ0) is 14.7. The Labute approximate surface area is 124 Å². The molecule has 0 unspecified atom stereocenters. The van der Waals surface area contributed by atoms with Crippen molar-refractivity contribution in [1.29, 1.82) is 0 Å². The summed E-state index contributed by atoms with van der Waals surface area (Å²) in [5.74, 6) is -0.164. The van der Waals surface area contributed by atoms with Gasteiger partial charge in [0.05, 0.1) is 0 Å². The molecule has 0 fully saturated rings. The number of rotatable bonds is 5. The number of H-pyrrole nitrogens is 1. The van der Waals surface area contributed by atoms with Crippen molar-refractivity contribution in [3.63, 3.8) is 0 Å². The fourth-order valence-corrected chi connectivity index (χ4v) is 2.69. The molecule has 0 aliphatic heterocycles. The Kier molecular flexibility index (Phi) is 4.02. The van der Waals surface area contributed by atoms with E-state index in [1.54, 1.807) is 6.07 Å². The summed E-state index contributed by atoms with van der Waals surface area (Å²) in [7, 11) is 0. The molecule has 0 aliphatic carbocycles. The molecule has 0 radical (unpaired) electrons. The Morgan fingerprint density at radius 3 is 2.86 bits per heavy atom. The lowest BCUT2D eigenvalue weighted by molar-refractivity contribution is 0.624. The second-order valence-electron chi connectivity index (χ2n) is 5.35. The van der Waals surface area contributed by atoms with Crippen molar-refractivity contribution < 1.29 is 4.39 Å². The molecule has 1 heterocycles. The molecule has 0 amide bonds. The Bertz CT molecular complexity index is 746. The van der Waals surface area contributed by atoms with E-state index in [4.69, 9.17) is 0 Å². The van der Waals surface area contributed by atoms with Crippen LogP contribution in [0.15, 0.2) is 48.7 Å². The number of aryl methyl sites for hydroxylation is 1. The van der Waals surface area contributed by atoms with Crippen LogP contribution in [0, 0.1) is 12.7 Å². The van der Waals surface area contributed by atoms with Crippen molar-refractivity contribution in [2.24, 2.45) is 0 Å². The van der Waals surface area contributed by atoms with Crippen LogP contribution in [-0.4, -0.2) is 11.5 Å². The molecule has 0 saturated heterocycles. The van der Waals surface area contributed by atoms with Gasteiger partial charge in [0.25, 0.3) is 0 Å². The van der Waals surface area contributed by atoms with Crippen LogP contribution < -0.4 is 5.32 Å². The summed E-state index contributed by atoms with van der Waals surface area (Å²) >= 11 is 0. The quantitative estimate of drug-likeness (QED) is 0.681. The summed E-state index contributed by atoms with van der Waals surface area (Å²) in [5.41, 5.74) is 4.68. The number of fused-ring (bicyclic) bond motifs is 1. The first kappa shape index (κ1) is 13.8. The third kappa shape index (κ3) is 3.14. The number of benzene rings is 2. The van der Waals surface area contributed by atoms with Gasteiger partial charge in [-0.25, -0.2) is 4.39 Å². The van der Waals surface area contributed by atoms with Crippen LogP contribution in [0.2, 0.25) is 0 Å². The third-order valence-corrected chi connectivity index (χ3v) is 3.88. The summed E-state index contributed by atoms with van der Waals surface area (Å²) in [6, 6.07) is 13.4. The minimum absolute atomic E-state index is 0.164. The molecule has 108 valence electrons. The maximum absolute atomic E-state index is 13.1. The van der Waals surface area contributed by atoms with Gasteiger partial charge in [-0.2, -0.15) is 0 Å². The molecule has 2 N–H and O–H groups in total. The van der Waals surface area contributed by atoms with Crippen molar-refractivity contribution in [3.05, 3.63) is 71.2 Å². The average molecular weight is 282 g/mol. The second kappa shape index (κ2) is 6.10. The Hall–Kier alpha value is -2.13. The van der Waals surface area contributed by atoms with E-state index in [1.165, 1.54) is 28.1 Å². The average Bonchev–Trinajstić information content (AvgIpc) is 2.94. The number of aromatic nitrogens is 1. The zero-order valence-electron chi connectivity index (χ0n) is 12.1. The molecule has 3 rings (SSSR count). The first-order valence-corrected chi connectivity index (χ1v) is 7.25. The van der Waals surface area contributed by atoms with Gasteiger partial charge in [-0.3, -0.25) is 0 Å². The SMILES string of the molecule is Cc1cc(F)ccc1CCNCc1cccc2[nH]ccc12.